The molecule has 1 aliphatic carbocycles. The molecule has 2 fully saturated rings. The van der Waals surface area contributed by atoms with Gasteiger partial charge in [-0.1, -0.05) is 31.2 Å². The average molecular weight is 358 g/mol. The minimum Gasteiger partial charge on any atom is -0.481 e. The first-order valence-electron chi connectivity index (χ1n) is 9.79. The quantitative estimate of drug-likeness (QED) is 0.828. The standard InChI is InChI=1S/C21H31BO4/c1-14(19(23)24)15-6-8-16(9-7-15)17-10-12-18(13-11-17)22-25-20(2,3)21(4,5)26-22/h10-16H,6-9H2,1-5H3,(H,23,24)/t14?,15-,16-. The molecule has 1 saturated carbocycles. The van der Waals surface area contributed by atoms with E-state index in [2.05, 4.69) is 52.0 Å². The summed E-state index contributed by atoms with van der Waals surface area (Å²) in [4.78, 5) is 11.2. The van der Waals surface area contributed by atoms with Crippen LogP contribution >= 0.6 is 0 Å². The van der Waals surface area contributed by atoms with Crippen molar-refractivity contribution in [3.8, 4) is 0 Å². The van der Waals surface area contributed by atoms with Gasteiger partial charge in [0.05, 0.1) is 17.1 Å². The van der Waals surface area contributed by atoms with Gasteiger partial charge in [-0.05, 0) is 76.2 Å². The Labute approximate surface area is 157 Å². The lowest BCUT2D eigenvalue weighted by atomic mass is 9.73. The summed E-state index contributed by atoms with van der Waals surface area (Å²) in [6.07, 6.45) is 4.13. The molecule has 0 spiro atoms. The van der Waals surface area contributed by atoms with E-state index in [1.807, 2.05) is 6.92 Å². The van der Waals surface area contributed by atoms with Crippen LogP contribution in [0.2, 0.25) is 0 Å². The molecule has 1 saturated heterocycles. The number of hydrogen-bond acceptors (Lipinski definition) is 3. The number of carboxylic acid groups (broad SMARTS) is 1. The van der Waals surface area contributed by atoms with Crippen molar-refractivity contribution in [3.05, 3.63) is 29.8 Å². The number of hydrogen-bond donors (Lipinski definition) is 1. The molecule has 1 heterocycles. The minimum atomic E-state index is -0.666. The van der Waals surface area contributed by atoms with Gasteiger partial charge in [-0.25, -0.2) is 0 Å². The van der Waals surface area contributed by atoms with Crippen LogP contribution in [0.3, 0.4) is 0 Å². The Bertz CT molecular complexity index is 628. The molecule has 1 aromatic carbocycles. The largest absolute Gasteiger partial charge is 0.494 e. The van der Waals surface area contributed by atoms with Crippen molar-refractivity contribution in [2.24, 2.45) is 11.8 Å². The zero-order chi connectivity index (χ0) is 19.1. The molecule has 1 N–H and O–H groups in total. The van der Waals surface area contributed by atoms with Crippen LogP contribution in [0.25, 0.3) is 0 Å². The zero-order valence-electron chi connectivity index (χ0n) is 16.6. The minimum absolute atomic E-state index is 0.235. The Morgan fingerprint density at radius 1 is 1.04 bits per heavy atom. The predicted molar refractivity (Wildman–Crippen MR) is 104 cm³/mol. The van der Waals surface area contributed by atoms with Crippen molar-refractivity contribution in [1.29, 1.82) is 0 Å². The third kappa shape index (κ3) is 3.70. The van der Waals surface area contributed by atoms with Crippen molar-refractivity contribution in [2.45, 2.75) is 77.4 Å². The summed E-state index contributed by atoms with van der Waals surface area (Å²) in [7, 11) is -0.318. The molecule has 1 aromatic rings. The molecule has 0 aromatic heterocycles. The lowest BCUT2D eigenvalue weighted by molar-refractivity contribution is -0.143. The monoisotopic (exact) mass is 358 g/mol. The van der Waals surface area contributed by atoms with Crippen LogP contribution < -0.4 is 5.46 Å². The van der Waals surface area contributed by atoms with Gasteiger partial charge in [0.1, 0.15) is 0 Å². The van der Waals surface area contributed by atoms with Crippen molar-refractivity contribution < 1.29 is 19.2 Å². The SMILES string of the molecule is CC(C(=O)O)[C@H]1CC[C@H](c2ccc(B3OC(C)(C)C(C)(C)O3)cc2)CC1. The molecule has 1 aliphatic heterocycles. The highest BCUT2D eigenvalue weighted by Crippen LogP contribution is 2.39. The van der Waals surface area contributed by atoms with Crippen LogP contribution in [0.4, 0.5) is 0 Å². The van der Waals surface area contributed by atoms with Gasteiger partial charge in [0.2, 0.25) is 0 Å². The molecule has 142 valence electrons. The zero-order valence-corrected chi connectivity index (χ0v) is 16.6. The molecule has 3 rings (SSSR count). The van der Waals surface area contributed by atoms with Crippen LogP contribution in [0.15, 0.2) is 24.3 Å². The lowest BCUT2D eigenvalue weighted by Gasteiger charge is -2.32. The Balaban J connectivity index is 1.62. The summed E-state index contributed by atoms with van der Waals surface area (Å²) in [5, 5.41) is 9.20. The molecule has 0 bridgehead atoms. The second-order valence-electron chi connectivity index (χ2n) is 8.99. The molecule has 1 atom stereocenters. The van der Waals surface area contributed by atoms with Gasteiger partial charge in [0.25, 0.3) is 0 Å². The van der Waals surface area contributed by atoms with E-state index in [-0.39, 0.29) is 24.2 Å². The lowest BCUT2D eigenvalue weighted by Crippen LogP contribution is -2.41. The fourth-order valence-corrected chi connectivity index (χ4v) is 4.06. The number of aliphatic carboxylic acids is 1. The fourth-order valence-electron chi connectivity index (χ4n) is 4.06. The van der Waals surface area contributed by atoms with E-state index < -0.39 is 5.97 Å². The summed E-state index contributed by atoms with van der Waals surface area (Å²) in [6.45, 7) is 10.1. The Hall–Kier alpha value is -1.33. The molecule has 2 aliphatic rings. The number of rotatable bonds is 4. The van der Waals surface area contributed by atoms with Gasteiger partial charge < -0.3 is 14.4 Å². The highest BCUT2D eigenvalue weighted by Gasteiger charge is 2.51. The van der Waals surface area contributed by atoms with Crippen LogP contribution in [0, 0.1) is 11.8 Å². The fraction of sp³-hybridized carbons (Fsp3) is 0.667. The summed E-state index contributed by atoms with van der Waals surface area (Å²) in [6, 6.07) is 8.60. The van der Waals surface area contributed by atoms with Crippen LogP contribution in [0.5, 0.6) is 0 Å². The van der Waals surface area contributed by atoms with E-state index in [1.165, 1.54) is 5.56 Å². The first-order valence-corrected chi connectivity index (χ1v) is 9.79. The van der Waals surface area contributed by atoms with E-state index >= 15 is 0 Å². The third-order valence-electron chi connectivity index (χ3n) is 6.80. The molecule has 0 radical (unpaired) electrons. The maximum Gasteiger partial charge on any atom is 0.494 e. The molecule has 26 heavy (non-hydrogen) atoms. The van der Waals surface area contributed by atoms with Gasteiger partial charge in [0, 0.05) is 0 Å². The van der Waals surface area contributed by atoms with Crippen molar-refractivity contribution in [1.82, 2.24) is 0 Å². The van der Waals surface area contributed by atoms with Crippen LogP contribution in [-0.2, 0) is 14.1 Å². The molecule has 1 unspecified atom stereocenters. The summed E-state index contributed by atoms with van der Waals surface area (Å²) in [5.41, 5.74) is 1.75. The maximum absolute atomic E-state index is 11.2. The second kappa shape index (κ2) is 7.01. The molecule has 5 heteroatoms. The van der Waals surface area contributed by atoms with E-state index in [9.17, 15) is 9.90 Å². The van der Waals surface area contributed by atoms with E-state index in [4.69, 9.17) is 9.31 Å². The van der Waals surface area contributed by atoms with E-state index in [0.29, 0.717) is 11.8 Å². The van der Waals surface area contributed by atoms with Crippen molar-refractivity contribution in [3.63, 3.8) is 0 Å². The normalized spacial score (nSPS) is 28.7. The topological polar surface area (TPSA) is 55.8 Å². The highest BCUT2D eigenvalue weighted by molar-refractivity contribution is 6.62. The number of benzene rings is 1. The smallest absolute Gasteiger partial charge is 0.481 e. The van der Waals surface area contributed by atoms with Gasteiger partial charge >= 0.3 is 13.1 Å². The Morgan fingerprint density at radius 3 is 2.00 bits per heavy atom. The van der Waals surface area contributed by atoms with E-state index in [0.717, 1.165) is 31.1 Å². The molecule has 0 amide bonds. The Kier molecular flexibility index (Phi) is 5.24. The van der Waals surface area contributed by atoms with Gasteiger partial charge in [-0.15, -0.1) is 0 Å². The average Bonchev–Trinajstić information content (AvgIpc) is 2.82. The summed E-state index contributed by atoms with van der Waals surface area (Å²) < 4.78 is 12.2. The second-order valence-corrected chi connectivity index (χ2v) is 8.99. The van der Waals surface area contributed by atoms with Gasteiger partial charge in [-0.3, -0.25) is 4.79 Å². The third-order valence-corrected chi connectivity index (χ3v) is 6.80. The van der Waals surface area contributed by atoms with Gasteiger partial charge in [-0.2, -0.15) is 0 Å². The van der Waals surface area contributed by atoms with Gasteiger partial charge in [0.15, 0.2) is 0 Å². The van der Waals surface area contributed by atoms with Crippen LogP contribution in [-0.4, -0.2) is 29.4 Å². The number of carboxylic acids is 1. The van der Waals surface area contributed by atoms with Crippen molar-refractivity contribution in [2.75, 3.05) is 0 Å². The van der Waals surface area contributed by atoms with Crippen molar-refractivity contribution >= 4 is 18.6 Å². The first-order chi connectivity index (χ1) is 12.1. The highest BCUT2D eigenvalue weighted by atomic mass is 16.7. The predicted octanol–water partition coefficient (Wildman–Crippen LogP) is 3.98. The summed E-state index contributed by atoms with van der Waals surface area (Å²) >= 11 is 0. The molecule has 4 nitrogen and oxygen atoms in total. The van der Waals surface area contributed by atoms with E-state index in [1.54, 1.807) is 0 Å². The molecular weight excluding hydrogens is 327 g/mol. The van der Waals surface area contributed by atoms with Crippen LogP contribution in [0.1, 0.15) is 71.8 Å². The summed E-state index contributed by atoms with van der Waals surface area (Å²) in [5.74, 6) is -0.0609. The maximum atomic E-state index is 11.2. The first kappa shape index (κ1) is 19.4. The number of carbonyl (C=O) groups is 1. The Morgan fingerprint density at radius 2 is 1.54 bits per heavy atom. The molecular formula is C21H31BO4.